The van der Waals surface area contributed by atoms with Gasteiger partial charge in [-0.05, 0) is 0 Å². The average Bonchev–Trinajstić information content (AvgIpc) is 3.23. The van der Waals surface area contributed by atoms with E-state index in [0.29, 0.717) is 0 Å². The number of hydrogen-bond acceptors (Lipinski definition) is 1. The Morgan fingerprint density at radius 1 is 0.600 bits per heavy atom. The van der Waals surface area contributed by atoms with Crippen LogP contribution in [0.1, 0.15) is 22.8 Å². The summed E-state index contributed by atoms with van der Waals surface area (Å²) in [6, 6.07) is 47.4. The van der Waals surface area contributed by atoms with E-state index in [2.05, 4.69) is 128 Å². The summed E-state index contributed by atoms with van der Waals surface area (Å²) in [4.78, 5) is 0. The van der Waals surface area contributed by atoms with Gasteiger partial charge in [-0.2, -0.15) is 0 Å². The van der Waals surface area contributed by atoms with Gasteiger partial charge in [0.25, 0.3) is 0 Å². The van der Waals surface area contributed by atoms with Crippen LogP contribution in [-0.4, -0.2) is 0 Å². The summed E-state index contributed by atoms with van der Waals surface area (Å²) in [7, 11) is 0. The molecule has 0 aliphatic carbocycles. The van der Waals surface area contributed by atoms with Crippen molar-refractivity contribution in [3.63, 3.8) is 0 Å². The minimum absolute atomic E-state index is 0.221. The molecule has 0 bridgehead atoms. The van der Waals surface area contributed by atoms with Crippen LogP contribution >= 0.6 is 18.4 Å². The Hall–Kier alpha value is -3.22. The van der Waals surface area contributed by atoms with Crippen LogP contribution in [0, 0.1) is 6.92 Å². The first-order valence-corrected chi connectivity index (χ1v) is 14.4. The fourth-order valence-electron chi connectivity index (χ4n) is 5.63. The Bertz CT molecular complexity index is 1380. The van der Waals surface area contributed by atoms with Gasteiger partial charge in [-0.3, -0.25) is 0 Å². The number of aryl methyl sites for hydroxylation is 1. The molecule has 1 nitrogen and oxygen atoms in total. The number of fused-ring (bicyclic) bond motifs is 1. The Kier molecular flexibility index (Phi) is 5.38. The third-order valence-electron chi connectivity index (χ3n) is 7.16. The van der Waals surface area contributed by atoms with E-state index in [1.807, 2.05) is 12.1 Å². The molecule has 35 heavy (non-hydrogen) atoms. The summed E-state index contributed by atoms with van der Waals surface area (Å²) in [6.07, 6.45) is -0.221. The van der Waals surface area contributed by atoms with Crippen molar-refractivity contribution in [2.24, 2.45) is 0 Å². The molecule has 0 spiro atoms. The van der Waals surface area contributed by atoms with Gasteiger partial charge in [0.1, 0.15) is 0 Å². The topological polar surface area (TPSA) is 9.23 Å². The number of benzene rings is 5. The molecule has 5 aromatic rings. The van der Waals surface area contributed by atoms with E-state index in [4.69, 9.17) is 16.1 Å². The fourth-order valence-corrected chi connectivity index (χ4v) is 12.0. The van der Waals surface area contributed by atoms with Gasteiger partial charge in [-0.1, -0.05) is 0 Å². The van der Waals surface area contributed by atoms with Crippen molar-refractivity contribution in [1.29, 1.82) is 0 Å². The molecule has 0 radical (unpaired) electrons. The summed E-state index contributed by atoms with van der Waals surface area (Å²) in [5, 5.41) is 5.62. The van der Waals surface area contributed by atoms with Crippen molar-refractivity contribution in [2.45, 2.75) is 13.0 Å². The molecule has 6 rings (SSSR count). The van der Waals surface area contributed by atoms with Crippen LogP contribution in [0.3, 0.4) is 0 Å². The zero-order valence-electron chi connectivity index (χ0n) is 19.5. The van der Waals surface area contributed by atoms with E-state index in [1.54, 1.807) is 0 Å². The van der Waals surface area contributed by atoms with Gasteiger partial charge < -0.3 is 0 Å². The molecule has 1 aliphatic heterocycles. The van der Waals surface area contributed by atoms with Crippen molar-refractivity contribution >= 4 is 39.6 Å². The summed E-state index contributed by atoms with van der Waals surface area (Å²) < 4.78 is 7.73. The number of hydrogen-bond donors (Lipinski definition) is 0. The van der Waals surface area contributed by atoms with Crippen LogP contribution in [0.5, 0.6) is 0 Å². The fraction of sp³-hybridized carbons (Fsp3) is 0.0625. The third kappa shape index (κ3) is 3.16. The summed E-state index contributed by atoms with van der Waals surface area (Å²) in [5.41, 5.74) is 3.54. The molecule has 3 heteroatoms. The van der Waals surface area contributed by atoms with Gasteiger partial charge >= 0.3 is 212 Å². The number of rotatable bonds is 4. The molecular formula is C32H26ClOP. The van der Waals surface area contributed by atoms with Gasteiger partial charge in [0, 0.05) is 0 Å². The molecule has 0 aromatic heterocycles. The van der Waals surface area contributed by atoms with Crippen molar-refractivity contribution < 1.29 is 4.52 Å². The van der Waals surface area contributed by atoms with Crippen molar-refractivity contribution in [3.8, 4) is 0 Å². The molecule has 1 atom stereocenters. The molecular weight excluding hydrogens is 467 g/mol. The number of halogens is 1. The Labute approximate surface area is 212 Å². The monoisotopic (exact) mass is 492 g/mol. The van der Waals surface area contributed by atoms with Gasteiger partial charge in [0.05, 0.1) is 0 Å². The van der Waals surface area contributed by atoms with Crippen molar-refractivity contribution in [3.05, 3.63) is 155 Å². The Balaban J connectivity index is 1.82. The summed E-state index contributed by atoms with van der Waals surface area (Å²) >= 11 is 6.28. The maximum atomic E-state index is 7.73. The molecule has 5 aromatic carbocycles. The molecule has 0 amide bonds. The molecule has 0 unspecified atom stereocenters. The molecule has 0 N–H and O–H groups in total. The van der Waals surface area contributed by atoms with E-state index >= 15 is 0 Å². The SMILES string of the molecule is Cc1ccc2c(c1)P(c1ccccc1)(c1ccccc1)(c1ccccc1)O[C@H]2c1ccc(Cl)cc1. The summed E-state index contributed by atoms with van der Waals surface area (Å²) in [5.74, 6) is 0. The second-order valence-corrected chi connectivity index (χ2v) is 13.9. The van der Waals surface area contributed by atoms with Crippen LogP contribution in [-0.2, 0) is 4.52 Å². The van der Waals surface area contributed by atoms with Gasteiger partial charge in [0.2, 0.25) is 0 Å². The van der Waals surface area contributed by atoms with Crippen LogP contribution in [0.2, 0.25) is 5.02 Å². The molecule has 0 saturated heterocycles. The van der Waals surface area contributed by atoms with Gasteiger partial charge in [-0.15, -0.1) is 0 Å². The van der Waals surface area contributed by atoms with E-state index in [0.717, 1.165) is 10.6 Å². The second-order valence-electron chi connectivity index (χ2n) is 9.14. The third-order valence-corrected chi connectivity index (χ3v) is 13.2. The van der Waals surface area contributed by atoms with E-state index < -0.39 is 6.83 Å². The van der Waals surface area contributed by atoms with E-state index in [-0.39, 0.29) is 6.10 Å². The predicted octanol–water partition coefficient (Wildman–Crippen LogP) is 6.84. The Morgan fingerprint density at radius 3 is 1.57 bits per heavy atom. The second kappa shape index (κ2) is 8.47. The molecule has 1 aliphatic rings. The van der Waals surface area contributed by atoms with Gasteiger partial charge in [-0.25, -0.2) is 0 Å². The normalized spacial score (nSPS) is 18.8. The van der Waals surface area contributed by atoms with Crippen LogP contribution in [0.15, 0.2) is 133 Å². The van der Waals surface area contributed by atoms with Crippen LogP contribution < -0.4 is 21.2 Å². The average molecular weight is 493 g/mol. The van der Waals surface area contributed by atoms with Crippen LogP contribution in [0.4, 0.5) is 0 Å². The predicted molar refractivity (Wildman–Crippen MR) is 150 cm³/mol. The molecule has 0 saturated carbocycles. The minimum atomic E-state index is -3.59. The zero-order chi connectivity index (χ0) is 23.9. The van der Waals surface area contributed by atoms with E-state index in [1.165, 1.54) is 32.3 Å². The first kappa shape index (κ1) is 22.3. The van der Waals surface area contributed by atoms with Crippen molar-refractivity contribution in [1.82, 2.24) is 0 Å². The van der Waals surface area contributed by atoms with E-state index in [9.17, 15) is 0 Å². The molecule has 0 fully saturated rings. The van der Waals surface area contributed by atoms with Crippen LogP contribution in [0.25, 0.3) is 0 Å². The standard InChI is InChI=1S/C32H26ClOP/c1-24-17-22-30-31(23-24)35(27-11-5-2-6-12-27,28-13-7-3-8-14-28,29-15-9-4-10-16-29)34-32(30)25-18-20-26(33)21-19-25/h2-23,32H,1H3/t32-/m0/s1. The molecule has 172 valence electrons. The first-order chi connectivity index (χ1) is 17.1. The quantitative estimate of drug-likeness (QED) is 0.250. The van der Waals surface area contributed by atoms with Crippen molar-refractivity contribution in [2.75, 3.05) is 0 Å². The Morgan fingerprint density at radius 2 is 1.09 bits per heavy atom. The maximum absolute atomic E-state index is 7.73. The van der Waals surface area contributed by atoms with Gasteiger partial charge in [0.15, 0.2) is 0 Å². The molecule has 1 heterocycles. The summed E-state index contributed by atoms with van der Waals surface area (Å²) in [6.45, 7) is -1.42. The zero-order valence-corrected chi connectivity index (χ0v) is 21.2. The first-order valence-electron chi connectivity index (χ1n) is 11.9.